The Morgan fingerprint density at radius 2 is 0.979 bits per heavy atom. The van der Waals surface area contributed by atoms with E-state index in [0.29, 0.717) is 12.8 Å². The van der Waals surface area contributed by atoms with Gasteiger partial charge in [0.15, 0.2) is 12.4 Å². The van der Waals surface area contributed by atoms with Crippen LogP contribution >= 0.6 is 0 Å². The molecule has 0 aliphatic carbocycles. The molecule has 0 amide bonds. The molecule has 284 valence electrons. The predicted octanol–water partition coefficient (Wildman–Crippen LogP) is 7.05. The van der Waals surface area contributed by atoms with Crippen LogP contribution in [0.3, 0.4) is 0 Å². The number of ether oxygens (including phenoxy) is 4. The minimum Gasteiger partial charge on any atom is -0.462 e. The van der Waals surface area contributed by atoms with E-state index >= 15 is 0 Å². The van der Waals surface area contributed by atoms with Crippen LogP contribution in [0.1, 0.15) is 174 Å². The highest BCUT2D eigenvalue weighted by Gasteiger charge is 2.44. The molecule has 6 unspecified atom stereocenters. The smallest absolute Gasteiger partial charge is 0.306 e. The molecule has 0 saturated carbocycles. The Kier molecular flexibility index (Phi) is 28.4. The van der Waals surface area contributed by atoms with Crippen molar-refractivity contribution in [2.24, 2.45) is 0 Å². The van der Waals surface area contributed by atoms with Gasteiger partial charge in [-0.15, -0.1) is 0 Å². The maximum Gasteiger partial charge on any atom is 0.306 e. The van der Waals surface area contributed by atoms with Crippen molar-refractivity contribution >= 4 is 11.9 Å². The maximum atomic E-state index is 12.6. The lowest BCUT2D eigenvalue weighted by molar-refractivity contribution is -0.305. The molecule has 0 aromatic rings. The lowest BCUT2D eigenvalue weighted by Gasteiger charge is -2.39. The first-order valence-electron chi connectivity index (χ1n) is 19.6. The summed E-state index contributed by atoms with van der Waals surface area (Å²) in [5.74, 6) is -0.826. The van der Waals surface area contributed by atoms with Gasteiger partial charge in [0.2, 0.25) is 0 Å². The Bertz CT molecular complexity index is 764. The van der Waals surface area contributed by atoms with E-state index in [0.717, 1.165) is 32.1 Å². The number of hydrogen-bond acceptors (Lipinski definition) is 10. The fourth-order valence-electron chi connectivity index (χ4n) is 6.07. The molecule has 1 fully saturated rings. The molecule has 1 heterocycles. The van der Waals surface area contributed by atoms with Gasteiger partial charge in [-0.1, -0.05) is 149 Å². The Morgan fingerprint density at radius 3 is 1.46 bits per heavy atom. The first kappa shape index (κ1) is 44.7. The number of rotatable bonds is 32. The van der Waals surface area contributed by atoms with Gasteiger partial charge in [0.1, 0.15) is 31.0 Å². The van der Waals surface area contributed by atoms with Crippen LogP contribution in [0.25, 0.3) is 0 Å². The van der Waals surface area contributed by atoms with Gasteiger partial charge in [-0.3, -0.25) is 9.59 Å². The average Bonchev–Trinajstić information content (AvgIpc) is 3.08. The van der Waals surface area contributed by atoms with Crippen molar-refractivity contribution in [1.82, 2.24) is 0 Å². The van der Waals surface area contributed by atoms with Crippen molar-refractivity contribution in [2.45, 2.75) is 211 Å². The van der Waals surface area contributed by atoms with Crippen LogP contribution < -0.4 is 0 Å². The molecular weight excluding hydrogens is 616 g/mol. The van der Waals surface area contributed by atoms with Gasteiger partial charge < -0.3 is 39.4 Å². The Hall–Kier alpha value is -1.30. The van der Waals surface area contributed by atoms with Crippen molar-refractivity contribution < 1.29 is 49.0 Å². The summed E-state index contributed by atoms with van der Waals surface area (Å²) in [6, 6.07) is 0. The number of carbonyl (C=O) groups excluding carboxylic acids is 2. The second-order valence-corrected chi connectivity index (χ2v) is 13.8. The van der Waals surface area contributed by atoms with Crippen molar-refractivity contribution in [3.63, 3.8) is 0 Å². The van der Waals surface area contributed by atoms with E-state index in [9.17, 15) is 30.0 Å². The zero-order chi connectivity index (χ0) is 35.2. The lowest BCUT2D eigenvalue weighted by atomic mass is 9.99. The SMILES string of the molecule is CCCCCCCCCCCCCCCCCCCCCCC(=O)OC(COC(=O)CCCCC)COC1OC(CO)C(O)C(O)C1O. The van der Waals surface area contributed by atoms with Gasteiger partial charge >= 0.3 is 11.9 Å². The third-order valence-electron chi connectivity index (χ3n) is 9.24. The first-order valence-corrected chi connectivity index (χ1v) is 19.6. The number of aliphatic hydroxyl groups excluding tert-OH is 4. The van der Waals surface area contributed by atoms with Crippen LogP contribution in [0.4, 0.5) is 0 Å². The lowest BCUT2D eigenvalue weighted by Crippen LogP contribution is -2.59. The van der Waals surface area contributed by atoms with Crippen LogP contribution in [0.15, 0.2) is 0 Å². The van der Waals surface area contributed by atoms with Gasteiger partial charge in [0.05, 0.1) is 13.2 Å². The molecule has 4 N–H and O–H groups in total. The second-order valence-electron chi connectivity index (χ2n) is 13.8. The average molecular weight is 689 g/mol. The molecule has 1 rings (SSSR count). The van der Waals surface area contributed by atoms with Gasteiger partial charge in [-0.25, -0.2) is 0 Å². The zero-order valence-electron chi connectivity index (χ0n) is 30.5. The van der Waals surface area contributed by atoms with Gasteiger partial charge in [-0.2, -0.15) is 0 Å². The zero-order valence-corrected chi connectivity index (χ0v) is 30.5. The summed E-state index contributed by atoms with van der Waals surface area (Å²) < 4.78 is 21.8. The molecule has 48 heavy (non-hydrogen) atoms. The number of hydrogen-bond donors (Lipinski definition) is 4. The summed E-state index contributed by atoms with van der Waals surface area (Å²) in [7, 11) is 0. The molecule has 10 nitrogen and oxygen atoms in total. The molecule has 10 heteroatoms. The second kappa shape index (κ2) is 30.5. The molecule has 6 atom stereocenters. The number of carbonyl (C=O) groups is 2. The number of unbranched alkanes of at least 4 members (excludes halogenated alkanes) is 21. The summed E-state index contributed by atoms with van der Waals surface area (Å²) in [4.78, 5) is 24.7. The highest BCUT2D eigenvalue weighted by Crippen LogP contribution is 2.22. The minimum absolute atomic E-state index is 0.215. The van der Waals surface area contributed by atoms with E-state index in [1.807, 2.05) is 6.92 Å². The summed E-state index contributed by atoms with van der Waals surface area (Å²) in [6.45, 7) is 3.24. The standard InChI is InChI=1S/C38H72O10/c1-3-5-7-8-9-10-11-12-13-14-15-16-17-18-19-20-21-22-23-25-27-34(41)47-31(29-45-33(40)26-24-6-4-2)30-46-38-37(44)36(43)35(42)32(28-39)48-38/h31-32,35-39,42-44H,3-30H2,1-2H3. The van der Waals surface area contributed by atoms with E-state index in [4.69, 9.17) is 18.9 Å². The highest BCUT2D eigenvalue weighted by molar-refractivity contribution is 5.70. The van der Waals surface area contributed by atoms with Crippen molar-refractivity contribution in [1.29, 1.82) is 0 Å². The van der Waals surface area contributed by atoms with E-state index in [2.05, 4.69) is 6.92 Å². The fraction of sp³-hybridized carbons (Fsp3) is 0.947. The van der Waals surface area contributed by atoms with Crippen molar-refractivity contribution in [3.05, 3.63) is 0 Å². The molecule has 0 aromatic heterocycles. The third kappa shape index (κ3) is 22.4. The maximum absolute atomic E-state index is 12.6. The molecule has 0 bridgehead atoms. The first-order chi connectivity index (χ1) is 23.3. The molecular formula is C38H72O10. The third-order valence-corrected chi connectivity index (χ3v) is 9.24. The predicted molar refractivity (Wildman–Crippen MR) is 187 cm³/mol. The Labute approximate surface area is 291 Å². The summed E-state index contributed by atoms with van der Waals surface area (Å²) in [5.41, 5.74) is 0. The number of aliphatic hydroxyl groups is 4. The molecule has 1 aliphatic rings. The largest absolute Gasteiger partial charge is 0.462 e. The summed E-state index contributed by atoms with van der Waals surface area (Å²) in [5, 5.41) is 39.7. The van der Waals surface area contributed by atoms with E-state index < -0.39 is 55.4 Å². The summed E-state index contributed by atoms with van der Waals surface area (Å²) in [6.07, 6.45) is 20.7. The molecule has 0 aromatic carbocycles. The van der Waals surface area contributed by atoms with Crippen molar-refractivity contribution in [2.75, 3.05) is 19.8 Å². The molecule has 0 spiro atoms. The van der Waals surface area contributed by atoms with Crippen molar-refractivity contribution in [3.8, 4) is 0 Å². The summed E-state index contributed by atoms with van der Waals surface area (Å²) >= 11 is 0. The Morgan fingerprint density at radius 1 is 0.562 bits per heavy atom. The molecule has 1 saturated heterocycles. The molecule has 1 aliphatic heterocycles. The van der Waals surface area contributed by atoms with Crippen LogP contribution in [0.2, 0.25) is 0 Å². The topological polar surface area (TPSA) is 152 Å². The van der Waals surface area contributed by atoms with E-state index in [1.54, 1.807) is 0 Å². The quantitative estimate of drug-likeness (QED) is 0.0427. The molecule has 0 radical (unpaired) electrons. The van der Waals surface area contributed by atoms with Crippen LogP contribution in [0.5, 0.6) is 0 Å². The normalized spacial score (nSPS) is 21.7. The van der Waals surface area contributed by atoms with E-state index in [-0.39, 0.29) is 26.1 Å². The van der Waals surface area contributed by atoms with Gasteiger partial charge in [0, 0.05) is 12.8 Å². The minimum atomic E-state index is -1.59. The van der Waals surface area contributed by atoms with Crippen LogP contribution in [-0.4, -0.2) is 89.0 Å². The monoisotopic (exact) mass is 689 g/mol. The Balaban J connectivity index is 2.19. The highest BCUT2D eigenvalue weighted by atomic mass is 16.7. The van der Waals surface area contributed by atoms with E-state index in [1.165, 1.54) is 103 Å². The van der Waals surface area contributed by atoms with Crippen LogP contribution in [0, 0.1) is 0 Å². The van der Waals surface area contributed by atoms with Gasteiger partial charge in [-0.05, 0) is 12.8 Å². The fourth-order valence-corrected chi connectivity index (χ4v) is 6.07. The van der Waals surface area contributed by atoms with Crippen LogP contribution in [-0.2, 0) is 28.5 Å². The van der Waals surface area contributed by atoms with Gasteiger partial charge in [0.25, 0.3) is 0 Å². The number of esters is 2.